The van der Waals surface area contributed by atoms with Crippen molar-refractivity contribution in [2.75, 3.05) is 26.2 Å². The number of hydrogen-bond acceptors (Lipinski definition) is 3. The first kappa shape index (κ1) is 15.9. The Kier molecular flexibility index (Phi) is 6.61. The quantitative estimate of drug-likeness (QED) is 0.733. The Labute approximate surface area is 113 Å². The molecular weight excluding hydrogens is 224 g/mol. The molecular formula is C15H32N2O. The van der Waals surface area contributed by atoms with Gasteiger partial charge in [-0.1, -0.05) is 27.7 Å². The smallest absolute Gasteiger partial charge is 0.0766 e. The molecule has 0 radical (unpaired) electrons. The van der Waals surface area contributed by atoms with Crippen LogP contribution in [0, 0.1) is 5.92 Å². The van der Waals surface area contributed by atoms with E-state index in [2.05, 4.69) is 37.9 Å². The van der Waals surface area contributed by atoms with Crippen molar-refractivity contribution in [1.82, 2.24) is 10.2 Å². The van der Waals surface area contributed by atoms with Gasteiger partial charge in [0.25, 0.3) is 0 Å². The molecule has 1 saturated heterocycles. The lowest BCUT2D eigenvalue weighted by Crippen LogP contribution is -2.48. The topological polar surface area (TPSA) is 35.5 Å². The van der Waals surface area contributed by atoms with Crippen LogP contribution in [0.15, 0.2) is 0 Å². The van der Waals surface area contributed by atoms with Gasteiger partial charge in [0.05, 0.1) is 5.60 Å². The fourth-order valence-electron chi connectivity index (χ4n) is 2.67. The molecule has 108 valence electrons. The predicted molar refractivity (Wildman–Crippen MR) is 77.8 cm³/mol. The first-order valence-electron chi connectivity index (χ1n) is 7.67. The summed E-state index contributed by atoms with van der Waals surface area (Å²) in [4.78, 5) is 2.56. The minimum absolute atomic E-state index is 0.505. The molecule has 2 N–H and O–H groups in total. The standard InChI is InChI=1S/C15H32N2O/c1-5-15(18,6-2)12-16-14-7-9-17(10-8-14)11-13(3)4/h13-14,16,18H,5-12H2,1-4H3. The average molecular weight is 256 g/mol. The van der Waals surface area contributed by atoms with E-state index in [1.807, 2.05) is 0 Å². The van der Waals surface area contributed by atoms with E-state index in [-0.39, 0.29) is 0 Å². The molecule has 0 spiro atoms. The van der Waals surface area contributed by atoms with Crippen LogP contribution in [0.5, 0.6) is 0 Å². The number of nitrogens with zero attached hydrogens (tertiary/aromatic N) is 1. The Morgan fingerprint density at radius 3 is 2.22 bits per heavy atom. The molecule has 0 saturated carbocycles. The van der Waals surface area contributed by atoms with Gasteiger partial charge in [-0.05, 0) is 44.7 Å². The Morgan fingerprint density at radius 2 is 1.78 bits per heavy atom. The molecule has 0 atom stereocenters. The summed E-state index contributed by atoms with van der Waals surface area (Å²) in [5.41, 5.74) is -0.505. The van der Waals surface area contributed by atoms with Gasteiger partial charge in [-0.15, -0.1) is 0 Å². The Bertz CT molecular complexity index is 219. The molecule has 0 aromatic rings. The lowest BCUT2D eigenvalue weighted by molar-refractivity contribution is 0.0270. The van der Waals surface area contributed by atoms with E-state index in [1.165, 1.54) is 32.5 Å². The van der Waals surface area contributed by atoms with Gasteiger partial charge in [0.15, 0.2) is 0 Å². The molecule has 0 aromatic heterocycles. The van der Waals surface area contributed by atoms with Gasteiger partial charge in [-0.2, -0.15) is 0 Å². The van der Waals surface area contributed by atoms with Crippen molar-refractivity contribution in [3.63, 3.8) is 0 Å². The van der Waals surface area contributed by atoms with Gasteiger partial charge < -0.3 is 15.3 Å². The van der Waals surface area contributed by atoms with Crippen LogP contribution in [0.3, 0.4) is 0 Å². The second-order valence-corrected chi connectivity index (χ2v) is 6.28. The molecule has 1 aliphatic rings. The van der Waals surface area contributed by atoms with Crippen molar-refractivity contribution in [2.24, 2.45) is 5.92 Å². The Hall–Kier alpha value is -0.120. The molecule has 1 aliphatic heterocycles. The van der Waals surface area contributed by atoms with Gasteiger partial charge in [0.1, 0.15) is 0 Å². The number of hydrogen-bond donors (Lipinski definition) is 2. The highest BCUT2D eigenvalue weighted by Crippen LogP contribution is 2.16. The predicted octanol–water partition coefficient (Wildman–Crippen LogP) is 2.25. The lowest BCUT2D eigenvalue weighted by Gasteiger charge is -2.35. The zero-order valence-electron chi connectivity index (χ0n) is 12.7. The highest BCUT2D eigenvalue weighted by atomic mass is 16.3. The summed E-state index contributed by atoms with van der Waals surface area (Å²) in [6, 6.07) is 0.595. The summed E-state index contributed by atoms with van der Waals surface area (Å²) < 4.78 is 0. The fraction of sp³-hybridized carbons (Fsp3) is 1.00. The van der Waals surface area contributed by atoms with Crippen LogP contribution in [0.4, 0.5) is 0 Å². The molecule has 3 nitrogen and oxygen atoms in total. The maximum atomic E-state index is 10.3. The monoisotopic (exact) mass is 256 g/mol. The first-order valence-corrected chi connectivity index (χ1v) is 7.67. The van der Waals surface area contributed by atoms with Gasteiger partial charge in [-0.3, -0.25) is 0 Å². The maximum Gasteiger partial charge on any atom is 0.0766 e. The van der Waals surface area contributed by atoms with Crippen molar-refractivity contribution in [3.8, 4) is 0 Å². The summed E-state index contributed by atoms with van der Waals surface area (Å²) in [6.07, 6.45) is 4.11. The van der Waals surface area contributed by atoms with Crippen molar-refractivity contribution >= 4 is 0 Å². The lowest BCUT2D eigenvalue weighted by atomic mass is 9.96. The van der Waals surface area contributed by atoms with Crippen LogP contribution in [-0.2, 0) is 0 Å². The van der Waals surface area contributed by atoms with E-state index in [1.54, 1.807) is 0 Å². The van der Waals surface area contributed by atoms with Gasteiger partial charge in [-0.25, -0.2) is 0 Å². The number of nitrogens with one attached hydrogen (secondary N) is 1. The SMILES string of the molecule is CCC(O)(CC)CNC1CCN(CC(C)C)CC1. The number of aliphatic hydroxyl groups is 1. The molecule has 1 heterocycles. The number of rotatable bonds is 7. The third kappa shape index (κ3) is 5.25. The first-order chi connectivity index (χ1) is 8.49. The Morgan fingerprint density at radius 1 is 1.22 bits per heavy atom. The molecule has 0 aliphatic carbocycles. The van der Waals surface area contributed by atoms with E-state index >= 15 is 0 Å². The zero-order valence-corrected chi connectivity index (χ0v) is 12.7. The van der Waals surface area contributed by atoms with Gasteiger partial charge in [0.2, 0.25) is 0 Å². The van der Waals surface area contributed by atoms with E-state index in [0.29, 0.717) is 6.04 Å². The van der Waals surface area contributed by atoms with Crippen LogP contribution in [-0.4, -0.2) is 47.8 Å². The van der Waals surface area contributed by atoms with E-state index in [0.717, 1.165) is 25.3 Å². The minimum Gasteiger partial charge on any atom is -0.389 e. The zero-order chi connectivity index (χ0) is 13.6. The van der Waals surface area contributed by atoms with Crippen molar-refractivity contribution in [2.45, 2.75) is 65.0 Å². The van der Waals surface area contributed by atoms with Gasteiger partial charge in [0, 0.05) is 19.1 Å². The summed E-state index contributed by atoms with van der Waals surface area (Å²) in [5.74, 6) is 0.764. The molecule has 1 rings (SSSR count). The third-order valence-electron chi connectivity index (χ3n) is 4.25. The number of likely N-dealkylation sites (tertiary alicyclic amines) is 1. The summed E-state index contributed by atoms with van der Waals surface area (Å²) in [6.45, 7) is 13.1. The Balaban J connectivity index is 2.23. The maximum absolute atomic E-state index is 10.3. The summed E-state index contributed by atoms with van der Waals surface area (Å²) >= 11 is 0. The van der Waals surface area contributed by atoms with Crippen LogP contribution >= 0.6 is 0 Å². The van der Waals surface area contributed by atoms with Crippen LogP contribution < -0.4 is 5.32 Å². The highest BCUT2D eigenvalue weighted by Gasteiger charge is 2.25. The van der Waals surface area contributed by atoms with E-state index in [9.17, 15) is 5.11 Å². The second kappa shape index (κ2) is 7.46. The molecule has 1 fully saturated rings. The molecule has 0 bridgehead atoms. The highest BCUT2D eigenvalue weighted by molar-refractivity contribution is 4.83. The summed E-state index contributed by atoms with van der Waals surface area (Å²) in [5, 5.41) is 13.8. The second-order valence-electron chi connectivity index (χ2n) is 6.28. The molecule has 0 amide bonds. The van der Waals surface area contributed by atoms with Crippen LogP contribution in [0.25, 0.3) is 0 Å². The van der Waals surface area contributed by atoms with Crippen molar-refractivity contribution < 1.29 is 5.11 Å². The van der Waals surface area contributed by atoms with E-state index in [4.69, 9.17) is 0 Å². The van der Waals surface area contributed by atoms with Crippen LogP contribution in [0.1, 0.15) is 53.4 Å². The molecule has 18 heavy (non-hydrogen) atoms. The normalized spacial score (nSPS) is 19.7. The largest absolute Gasteiger partial charge is 0.389 e. The van der Waals surface area contributed by atoms with Crippen molar-refractivity contribution in [3.05, 3.63) is 0 Å². The number of piperidine rings is 1. The molecule has 3 heteroatoms. The van der Waals surface area contributed by atoms with Crippen LogP contribution in [0.2, 0.25) is 0 Å². The summed E-state index contributed by atoms with van der Waals surface area (Å²) in [7, 11) is 0. The minimum atomic E-state index is -0.505. The molecule has 0 unspecified atom stereocenters. The van der Waals surface area contributed by atoms with Gasteiger partial charge >= 0.3 is 0 Å². The van der Waals surface area contributed by atoms with Crippen molar-refractivity contribution in [1.29, 1.82) is 0 Å². The average Bonchev–Trinajstić information content (AvgIpc) is 2.37. The third-order valence-corrected chi connectivity index (χ3v) is 4.25. The molecule has 0 aromatic carbocycles. The van der Waals surface area contributed by atoms with E-state index < -0.39 is 5.60 Å². The fourth-order valence-corrected chi connectivity index (χ4v) is 2.67.